The second kappa shape index (κ2) is 4.53. The van der Waals surface area contributed by atoms with Crippen LogP contribution in [0.5, 0.6) is 5.75 Å². The zero-order valence-corrected chi connectivity index (χ0v) is 12.0. The van der Waals surface area contributed by atoms with Gasteiger partial charge >= 0.3 is 0 Å². The van der Waals surface area contributed by atoms with Gasteiger partial charge in [-0.25, -0.2) is 9.97 Å². The Kier molecular flexibility index (Phi) is 2.65. The van der Waals surface area contributed by atoms with Gasteiger partial charge in [-0.1, -0.05) is 0 Å². The monoisotopic (exact) mass is 297 g/mol. The molecule has 1 amide bonds. The number of anilines is 1. The molecule has 104 valence electrons. The van der Waals surface area contributed by atoms with Crippen molar-refractivity contribution in [1.29, 1.82) is 0 Å². The van der Waals surface area contributed by atoms with Gasteiger partial charge < -0.3 is 10.1 Å². The van der Waals surface area contributed by atoms with E-state index in [1.165, 1.54) is 0 Å². The van der Waals surface area contributed by atoms with E-state index in [0.29, 0.717) is 11.4 Å². The summed E-state index contributed by atoms with van der Waals surface area (Å²) in [5, 5.41) is 5.79. The largest absolute Gasteiger partial charge is 0.482 e. The Morgan fingerprint density at radius 1 is 1.29 bits per heavy atom. The fraction of sp³-hybridized carbons (Fsp3) is 0.133. The van der Waals surface area contributed by atoms with E-state index in [-0.39, 0.29) is 12.5 Å². The predicted molar refractivity (Wildman–Crippen MR) is 81.7 cm³/mol. The number of aromatic nitrogens is 2. The van der Waals surface area contributed by atoms with E-state index in [0.717, 1.165) is 27.9 Å². The van der Waals surface area contributed by atoms with E-state index in [4.69, 9.17) is 4.74 Å². The summed E-state index contributed by atoms with van der Waals surface area (Å²) in [5.41, 5.74) is 6.14. The molecule has 0 aliphatic carbocycles. The average molecular weight is 297 g/mol. The van der Waals surface area contributed by atoms with Gasteiger partial charge in [0.25, 0.3) is 5.91 Å². The molecule has 1 aromatic carbocycles. The number of pyridine rings is 1. The fourth-order valence-corrected chi connectivity index (χ4v) is 2.99. The molecule has 0 atom stereocenters. The normalized spacial score (nSPS) is 13.7. The molecule has 1 N–H and O–H groups in total. The Bertz CT molecular complexity index is 859. The average Bonchev–Trinajstić information content (AvgIpc) is 3.00. The van der Waals surface area contributed by atoms with Gasteiger partial charge in [0.2, 0.25) is 0 Å². The maximum atomic E-state index is 11.4. The molecular weight excluding hydrogens is 286 g/mol. The first kappa shape index (κ1) is 12.3. The highest BCUT2D eigenvalue weighted by Gasteiger charge is 2.18. The molecule has 0 bridgehead atoms. The Morgan fingerprint density at radius 2 is 2.19 bits per heavy atom. The zero-order chi connectivity index (χ0) is 14.4. The third-order valence-electron chi connectivity index (χ3n) is 3.44. The summed E-state index contributed by atoms with van der Waals surface area (Å²) >= 11 is 1.55. The van der Waals surface area contributed by atoms with Gasteiger partial charge in [0.15, 0.2) is 6.61 Å². The summed E-state index contributed by atoms with van der Waals surface area (Å²) < 4.78 is 5.45. The van der Waals surface area contributed by atoms with Crippen LogP contribution in [0.3, 0.4) is 0 Å². The number of ether oxygens (including phenoxy) is 1. The van der Waals surface area contributed by atoms with Crippen LogP contribution in [0.15, 0.2) is 29.1 Å². The van der Waals surface area contributed by atoms with Crippen LogP contribution in [-0.2, 0) is 4.79 Å². The number of aryl methyl sites for hydroxylation is 1. The number of nitrogens with zero attached hydrogens (tertiary/aromatic N) is 2. The molecule has 0 unspecified atom stereocenters. The number of benzene rings is 1. The summed E-state index contributed by atoms with van der Waals surface area (Å²) in [7, 11) is 0. The van der Waals surface area contributed by atoms with Gasteiger partial charge in [0.05, 0.1) is 28.1 Å². The topological polar surface area (TPSA) is 64.1 Å². The molecule has 2 aromatic heterocycles. The Hall–Kier alpha value is -2.47. The van der Waals surface area contributed by atoms with Gasteiger partial charge in [-0.05, 0) is 24.6 Å². The number of amides is 1. The maximum absolute atomic E-state index is 11.4. The van der Waals surface area contributed by atoms with Crippen LogP contribution >= 0.6 is 11.3 Å². The summed E-state index contributed by atoms with van der Waals surface area (Å²) in [6.07, 6.45) is 0. The van der Waals surface area contributed by atoms with E-state index in [1.54, 1.807) is 16.8 Å². The van der Waals surface area contributed by atoms with Crippen molar-refractivity contribution in [2.75, 3.05) is 11.9 Å². The minimum Gasteiger partial charge on any atom is -0.482 e. The molecule has 0 saturated carbocycles. The molecule has 3 heterocycles. The number of rotatable bonds is 1. The van der Waals surface area contributed by atoms with E-state index in [2.05, 4.69) is 15.3 Å². The first-order valence-corrected chi connectivity index (χ1v) is 7.41. The lowest BCUT2D eigenvalue weighted by atomic mass is 10.1. The van der Waals surface area contributed by atoms with Crippen LogP contribution in [0.25, 0.3) is 22.3 Å². The van der Waals surface area contributed by atoms with Gasteiger partial charge in [-0.15, -0.1) is 11.3 Å². The first-order valence-electron chi connectivity index (χ1n) is 6.47. The molecule has 0 saturated heterocycles. The van der Waals surface area contributed by atoms with Crippen LogP contribution in [0.1, 0.15) is 5.56 Å². The van der Waals surface area contributed by atoms with Crippen LogP contribution < -0.4 is 10.1 Å². The molecule has 5 nitrogen and oxygen atoms in total. The predicted octanol–water partition coefficient (Wildman–Crippen LogP) is 3.00. The van der Waals surface area contributed by atoms with E-state index in [9.17, 15) is 4.79 Å². The molecule has 3 aromatic rings. The molecular formula is C15H11N3O2S. The molecule has 21 heavy (non-hydrogen) atoms. The lowest BCUT2D eigenvalue weighted by Crippen LogP contribution is -2.25. The van der Waals surface area contributed by atoms with Gasteiger partial charge in [0, 0.05) is 16.8 Å². The number of carbonyl (C=O) groups is 1. The van der Waals surface area contributed by atoms with Crippen molar-refractivity contribution < 1.29 is 9.53 Å². The third-order valence-corrected chi connectivity index (χ3v) is 4.03. The molecule has 6 heteroatoms. The highest BCUT2D eigenvalue weighted by molar-refractivity contribution is 7.07. The van der Waals surface area contributed by atoms with Crippen LogP contribution in [-0.4, -0.2) is 22.5 Å². The molecule has 1 aliphatic rings. The quantitative estimate of drug-likeness (QED) is 0.750. The lowest BCUT2D eigenvalue weighted by molar-refractivity contribution is -0.118. The summed E-state index contributed by atoms with van der Waals surface area (Å²) in [6, 6.07) is 5.79. The van der Waals surface area contributed by atoms with Crippen LogP contribution in [0, 0.1) is 6.92 Å². The maximum Gasteiger partial charge on any atom is 0.262 e. The van der Waals surface area contributed by atoms with Crippen molar-refractivity contribution in [2.45, 2.75) is 6.92 Å². The number of fused-ring (bicyclic) bond motifs is 2. The Labute approximate surface area is 124 Å². The van der Waals surface area contributed by atoms with Gasteiger partial charge in [0.1, 0.15) is 5.75 Å². The Balaban J connectivity index is 1.93. The molecule has 1 aliphatic heterocycles. The Morgan fingerprint density at radius 3 is 3.00 bits per heavy atom. The number of thiazole rings is 1. The summed E-state index contributed by atoms with van der Waals surface area (Å²) in [5.74, 6) is 0.524. The second-order valence-electron chi connectivity index (χ2n) is 4.90. The smallest absolute Gasteiger partial charge is 0.262 e. The van der Waals surface area contributed by atoms with Crippen molar-refractivity contribution in [1.82, 2.24) is 9.97 Å². The van der Waals surface area contributed by atoms with Crippen LogP contribution in [0.4, 0.5) is 5.69 Å². The molecule has 0 spiro atoms. The van der Waals surface area contributed by atoms with E-state index in [1.807, 2.05) is 30.5 Å². The number of nitrogens with one attached hydrogen (secondary N) is 1. The van der Waals surface area contributed by atoms with E-state index < -0.39 is 0 Å². The highest BCUT2D eigenvalue weighted by atomic mass is 32.1. The minimum atomic E-state index is -0.133. The standard InChI is InChI=1S/C15H11N3O2S/c1-8-2-11(13-6-21-7-16-13)17-10-4-14-12(3-9(8)10)18-15(19)5-20-14/h2-4,6-7H,5H2,1H3,(H,18,19). The zero-order valence-electron chi connectivity index (χ0n) is 11.2. The second-order valence-corrected chi connectivity index (χ2v) is 5.62. The summed E-state index contributed by atoms with van der Waals surface area (Å²) in [6.45, 7) is 2.07. The molecule has 0 radical (unpaired) electrons. The third kappa shape index (κ3) is 2.04. The lowest BCUT2D eigenvalue weighted by Gasteiger charge is -2.19. The van der Waals surface area contributed by atoms with Crippen molar-refractivity contribution in [3.63, 3.8) is 0 Å². The van der Waals surface area contributed by atoms with Gasteiger partial charge in [-0.3, -0.25) is 4.79 Å². The SMILES string of the molecule is Cc1cc(-c2cscn2)nc2cc3c(cc12)NC(=O)CO3. The molecule has 0 fully saturated rings. The van der Waals surface area contributed by atoms with Gasteiger partial charge in [-0.2, -0.15) is 0 Å². The first-order chi connectivity index (χ1) is 10.2. The van der Waals surface area contributed by atoms with Crippen molar-refractivity contribution in [3.8, 4) is 17.1 Å². The number of carbonyl (C=O) groups excluding carboxylic acids is 1. The van der Waals surface area contributed by atoms with Crippen LogP contribution in [0.2, 0.25) is 0 Å². The van der Waals surface area contributed by atoms with Crippen molar-refractivity contribution >= 4 is 33.8 Å². The molecule has 4 rings (SSSR count). The highest BCUT2D eigenvalue weighted by Crippen LogP contribution is 2.34. The summed E-state index contributed by atoms with van der Waals surface area (Å²) in [4.78, 5) is 20.4. The fourth-order valence-electron chi connectivity index (χ4n) is 2.44. The van der Waals surface area contributed by atoms with Crippen molar-refractivity contribution in [3.05, 3.63) is 34.7 Å². The number of hydrogen-bond acceptors (Lipinski definition) is 5. The van der Waals surface area contributed by atoms with E-state index >= 15 is 0 Å². The minimum absolute atomic E-state index is 0.0449. The van der Waals surface area contributed by atoms with Crippen molar-refractivity contribution in [2.24, 2.45) is 0 Å². The number of hydrogen-bond donors (Lipinski definition) is 1.